The highest BCUT2D eigenvalue weighted by Crippen LogP contribution is 2.24. The summed E-state index contributed by atoms with van der Waals surface area (Å²) in [4.78, 5) is 10.8. The summed E-state index contributed by atoms with van der Waals surface area (Å²) in [5.41, 5.74) is 1.94. The van der Waals surface area contributed by atoms with Crippen LogP contribution in [0, 0.1) is 11.3 Å². The molecule has 0 heterocycles. The first-order chi connectivity index (χ1) is 10.1. The van der Waals surface area contributed by atoms with Crippen molar-refractivity contribution in [2.24, 2.45) is 0 Å². The molecular weight excluding hydrogens is 334 g/mol. The van der Waals surface area contributed by atoms with Crippen molar-refractivity contribution in [3.05, 3.63) is 63.6 Å². The minimum atomic E-state index is -0.885. The van der Waals surface area contributed by atoms with Gasteiger partial charge in [0.1, 0.15) is 18.4 Å². The molecule has 0 aromatic heterocycles. The molecule has 0 fully saturated rings. The number of aliphatic carboxylic acids is 1. The lowest BCUT2D eigenvalue weighted by molar-refractivity contribution is -0.136. The van der Waals surface area contributed by atoms with Crippen LogP contribution in [0.5, 0.6) is 5.75 Å². The highest BCUT2D eigenvalue weighted by Gasteiger charge is 2.09. The Morgan fingerprint density at radius 2 is 1.95 bits per heavy atom. The maximum Gasteiger partial charge on any atom is 0.307 e. The molecule has 0 atom stereocenters. The average Bonchev–Trinajstić information content (AvgIpc) is 2.46. The standard InChI is InChI=1S/C16H12BrNO3/c17-14-5-6-15(13(7-14)9-18)21-10-12-4-2-1-3-11(12)8-16(19)20/h1-7H,8,10H2,(H,19,20). The van der Waals surface area contributed by atoms with Crippen LogP contribution >= 0.6 is 15.9 Å². The lowest BCUT2D eigenvalue weighted by atomic mass is 10.1. The minimum absolute atomic E-state index is 0.0506. The maximum atomic E-state index is 10.8. The third-order valence-corrected chi connectivity index (χ3v) is 3.40. The van der Waals surface area contributed by atoms with Crippen molar-refractivity contribution in [1.82, 2.24) is 0 Å². The first-order valence-corrected chi connectivity index (χ1v) is 7.00. The number of halogens is 1. The number of ether oxygens (including phenoxy) is 1. The Labute approximate surface area is 130 Å². The molecule has 0 saturated carbocycles. The zero-order valence-corrected chi connectivity index (χ0v) is 12.6. The zero-order valence-electron chi connectivity index (χ0n) is 11.0. The molecule has 0 aliphatic carbocycles. The smallest absolute Gasteiger partial charge is 0.307 e. The molecule has 0 spiro atoms. The molecule has 0 amide bonds. The number of benzene rings is 2. The Morgan fingerprint density at radius 1 is 1.24 bits per heavy atom. The van der Waals surface area contributed by atoms with Gasteiger partial charge in [0, 0.05) is 4.47 Å². The van der Waals surface area contributed by atoms with E-state index in [1.165, 1.54) is 0 Å². The first kappa shape index (κ1) is 15.1. The van der Waals surface area contributed by atoms with Crippen LogP contribution in [0.3, 0.4) is 0 Å². The number of hydrogen-bond acceptors (Lipinski definition) is 3. The van der Waals surface area contributed by atoms with Crippen molar-refractivity contribution in [1.29, 1.82) is 5.26 Å². The second-order valence-corrected chi connectivity index (χ2v) is 5.30. The van der Waals surface area contributed by atoms with Gasteiger partial charge in [-0.15, -0.1) is 0 Å². The summed E-state index contributed by atoms with van der Waals surface area (Å²) in [5, 5.41) is 18.0. The van der Waals surface area contributed by atoms with Crippen LogP contribution in [0.15, 0.2) is 46.9 Å². The molecule has 0 aliphatic rings. The number of carboxylic acids is 1. The van der Waals surface area contributed by atoms with Crippen LogP contribution in [0.25, 0.3) is 0 Å². The van der Waals surface area contributed by atoms with E-state index in [-0.39, 0.29) is 13.0 Å². The van der Waals surface area contributed by atoms with Crippen molar-refractivity contribution in [3.8, 4) is 11.8 Å². The van der Waals surface area contributed by atoms with E-state index in [0.717, 1.165) is 10.0 Å². The monoisotopic (exact) mass is 345 g/mol. The van der Waals surface area contributed by atoms with Crippen LogP contribution in [0.4, 0.5) is 0 Å². The molecular formula is C16H12BrNO3. The highest BCUT2D eigenvalue weighted by atomic mass is 79.9. The van der Waals surface area contributed by atoms with Gasteiger partial charge in [-0.1, -0.05) is 40.2 Å². The van der Waals surface area contributed by atoms with E-state index in [2.05, 4.69) is 22.0 Å². The third-order valence-electron chi connectivity index (χ3n) is 2.91. The van der Waals surface area contributed by atoms with Crippen molar-refractivity contribution >= 4 is 21.9 Å². The average molecular weight is 346 g/mol. The van der Waals surface area contributed by atoms with Gasteiger partial charge < -0.3 is 9.84 Å². The van der Waals surface area contributed by atoms with Gasteiger partial charge in [0.2, 0.25) is 0 Å². The highest BCUT2D eigenvalue weighted by molar-refractivity contribution is 9.10. The van der Waals surface area contributed by atoms with E-state index < -0.39 is 5.97 Å². The Morgan fingerprint density at radius 3 is 2.62 bits per heavy atom. The molecule has 0 radical (unpaired) electrons. The number of hydrogen-bond donors (Lipinski definition) is 1. The fraction of sp³-hybridized carbons (Fsp3) is 0.125. The van der Waals surface area contributed by atoms with Crippen LogP contribution in [-0.2, 0) is 17.8 Å². The third kappa shape index (κ3) is 4.07. The normalized spacial score (nSPS) is 9.90. The summed E-state index contributed by atoms with van der Waals surface area (Å²) < 4.78 is 6.46. The van der Waals surface area contributed by atoms with Crippen molar-refractivity contribution < 1.29 is 14.6 Å². The Kier molecular flexibility index (Phi) is 4.96. The van der Waals surface area contributed by atoms with Gasteiger partial charge in [0.05, 0.1) is 12.0 Å². The van der Waals surface area contributed by atoms with Gasteiger partial charge in [-0.25, -0.2) is 0 Å². The van der Waals surface area contributed by atoms with E-state index in [1.807, 2.05) is 12.1 Å². The van der Waals surface area contributed by atoms with Crippen molar-refractivity contribution in [2.75, 3.05) is 0 Å². The molecule has 2 rings (SSSR count). The summed E-state index contributed by atoms with van der Waals surface area (Å²) in [6, 6.07) is 14.5. The topological polar surface area (TPSA) is 70.3 Å². The van der Waals surface area contributed by atoms with Gasteiger partial charge in [0.25, 0.3) is 0 Å². The molecule has 0 aliphatic heterocycles. The van der Waals surface area contributed by atoms with Gasteiger partial charge in [-0.05, 0) is 29.3 Å². The fourth-order valence-electron chi connectivity index (χ4n) is 1.90. The van der Waals surface area contributed by atoms with Crippen molar-refractivity contribution in [3.63, 3.8) is 0 Å². The van der Waals surface area contributed by atoms with Gasteiger partial charge in [-0.2, -0.15) is 5.26 Å². The second kappa shape index (κ2) is 6.91. The number of carboxylic acid groups (broad SMARTS) is 1. The SMILES string of the molecule is N#Cc1cc(Br)ccc1OCc1ccccc1CC(=O)O. The number of nitriles is 1. The Hall–Kier alpha value is -2.32. The van der Waals surface area contributed by atoms with Crippen LogP contribution in [-0.4, -0.2) is 11.1 Å². The Bertz CT molecular complexity index is 707. The largest absolute Gasteiger partial charge is 0.488 e. The molecule has 21 heavy (non-hydrogen) atoms. The predicted octanol–water partition coefficient (Wildman–Crippen LogP) is 3.53. The van der Waals surface area contributed by atoms with Gasteiger partial charge in [-0.3, -0.25) is 4.79 Å². The van der Waals surface area contributed by atoms with E-state index in [4.69, 9.17) is 15.1 Å². The second-order valence-electron chi connectivity index (χ2n) is 4.38. The molecule has 0 bridgehead atoms. The predicted molar refractivity (Wildman–Crippen MR) is 81.0 cm³/mol. The van der Waals surface area contributed by atoms with Gasteiger partial charge >= 0.3 is 5.97 Å². The van der Waals surface area contributed by atoms with E-state index >= 15 is 0 Å². The van der Waals surface area contributed by atoms with Crippen LogP contribution in [0.1, 0.15) is 16.7 Å². The summed E-state index contributed by atoms with van der Waals surface area (Å²) in [6.07, 6.45) is -0.0506. The molecule has 1 N–H and O–H groups in total. The summed E-state index contributed by atoms with van der Waals surface area (Å²) in [5.74, 6) is -0.408. The number of nitrogens with zero attached hydrogens (tertiary/aromatic N) is 1. The molecule has 0 unspecified atom stereocenters. The zero-order chi connectivity index (χ0) is 15.2. The van der Waals surface area contributed by atoms with Crippen LogP contribution in [0.2, 0.25) is 0 Å². The van der Waals surface area contributed by atoms with Crippen LogP contribution < -0.4 is 4.74 Å². The van der Waals surface area contributed by atoms with E-state index in [9.17, 15) is 4.79 Å². The van der Waals surface area contributed by atoms with E-state index in [1.54, 1.807) is 30.3 Å². The lowest BCUT2D eigenvalue weighted by Crippen LogP contribution is -2.06. The maximum absolute atomic E-state index is 10.8. The molecule has 106 valence electrons. The summed E-state index contributed by atoms with van der Waals surface area (Å²) in [6.45, 7) is 0.222. The minimum Gasteiger partial charge on any atom is -0.488 e. The quantitative estimate of drug-likeness (QED) is 0.899. The number of rotatable bonds is 5. The summed E-state index contributed by atoms with van der Waals surface area (Å²) in [7, 11) is 0. The molecule has 2 aromatic carbocycles. The lowest BCUT2D eigenvalue weighted by Gasteiger charge is -2.11. The number of carbonyl (C=O) groups is 1. The van der Waals surface area contributed by atoms with Crippen molar-refractivity contribution in [2.45, 2.75) is 13.0 Å². The summed E-state index contributed by atoms with van der Waals surface area (Å²) >= 11 is 3.30. The van der Waals surface area contributed by atoms with E-state index in [0.29, 0.717) is 16.9 Å². The first-order valence-electron chi connectivity index (χ1n) is 6.21. The van der Waals surface area contributed by atoms with Gasteiger partial charge in [0.15, 0.2) is 0 Å². The molecule has 2 aromatic rings. The molecule has 5 heteroatoms. The fourth-order valence-corrected chi connectivity index (χ4v) is 2.27. The Balaban J connectivity index is 2.17. The molecule has 4 nitrogen and oxygen atoms in total. The molecule has 0 saturated heterocycles.